The summed E-state index contributed by atoms with van der Waals surface area (Å²) in [6, 6.07) is 14.3. The van der Waals surface area contributed by atoms with Gasteiger partial charge in [-0.25, -0.2) is 9.59 Å². The Hall–Kier alpha value is -3.35. The summed E-state index contributed by atoms with van der Waals surface area (Å²) in [4.78, 5) is 37.8. The van der Waals surface area contributed by atoms with Crippen molar-refractivity contribution in [1.29, 1.82) is 0 Å². The van der Waals surface area contributed by atoms with Gasteiger partial charge in [-0.3, -0.25) is 13.9 Å². The van der Waals surface area contributed by atoms with Gasteiger partial charge in [-0.1, -0.05) is 30.3 Å². The fourth-order valence-electron chi connectivity index (χ4n) is 2.98. The van der Waals surface area contributed by atoms with Crippen LogP contribution < -0.4 is 5.69 Å². The summed E-state index contributed by atoms with van der Waals surface area (Å²) in [5.74, 6) is -1.31. The van der Waals surface area contributed by atoms with Crippen molar-refractivity contribution in [3.8, 4) is 0 Å². The number of aryl methyl sites for hydroxylation is 2. The van der Waals surface area contributed by atoms with Crippen LogP contribution in [-0.4, -0.2) is 45.1 Å². The number of likely N-dealkylation sites (N-methyl/N-ethyl adjacent to an activating group) is 1. The largest absolute Gasteiger partial charge is 0.478 e. The first-order valence-corrected chi connectivity index (χ1v) is 8.59. The lowest BCUT2D eigenvalue weighted by molar-refractivity contribution is -0.129. The number of aromatic nitrogens is 2. The Bertz CT molecular complexity index is 1050. The highest BCUT2D eigenvalue weighted by atomic mass is 16.4. The Labute approximate surface area is 156 Å². The van der Waals surface area contributed by atoms with Gasteiger partial charge in [-0.15, -0.1) is 0 Å². The first kappa shape index (κ1) is 18.4. The lowest BCUT2D eigenvalue weighted by Crippen LogP contribution is -2.32. The number of carbonyl (C=O) groups is 2. The fraction of sp³-hybridized carbons (Fsp3) is 0.250. The monoisotopic (exact) mass is 367 g/mol. The number of carboxylic acid groups (broad SMARTS) is 1. The van der Waals surface area contributed by atoms with E-state index in [-0.39, 0.29) is 23.7 Å². The minimum absolute atomic E-state index is 0.0776. The van der Waals surface area contributed by atoms with Crippen molar-refractivity contribution in [2.75, 3.05) is 14.1 Å². The predicted molar refractivity (Wildman–Crippen MR) is 102 cm³/mol. The summed E-state index contributed by atoms with van der Waals surface area (Å²) in [5, 5.41) is 9.26. The maximum atomic E-state index is 13.0. The number of rotatable bonds is 6. The molecule has 0 radical (unpaired) electrons. The summed E-state index contributed by atoms with van der Waals surface area (Å²) in [7, 11) is 3.23. The van der Waals surface area contributed by atoms with E-state index in [1.54, 1.807) is 24.7 Å². The first-order chi connectivity index (χ1) is 12.9. The molecule has 0 unspecified atom stereocenters. The zero-order valence-electron chi connectivity index (χ0n) is 15.3. The summed E-state index contributed by atoms with van der Waals surface area (Å²) in [6.07, 6.45) is 0.655. The zero-order valence-corrected chi connectivity index (χ0v) is 15.3. The third-order valence-electron chi connectivity index (χ3n) is 4.52. The zero-order chi connectivity index (χ0) is 19.6. The lowest BCUT2D eigenvalue weighted by Gasteiger charge is -2.10. The average Bonchev–Trinajstić information content (AvgIpc) is 2.91. The number of aromatic carboxylic acids is 1. The van der Waals surface area contributed by atoms with E-state index in [1.807, 2.05) is 30.3 Å². The van der Waals surface area contributed by atoms with E-state index >= 15 is 0 Å². The number of carboxylic acids is 1. The van der Waals surface area contributed by atoms with E-state index in [1.165, 1.54) is 21.6 Å². The average molecular weight is 367 g/mol. The smallest absolute Gasteiger partial charge is 0.335 e. The van der Waals surface area contributed by atoms with Gasteiger partial charge < -0.3 is 10.0 Å². The van der Waals surface area contributed by atoms with Crippen LogP contribution in [0.3, 0.4) is 0 Å². The molecule has 0 aliphatic heterocycles. The Morgan fingerprint density at radius 2 is 1.70 bits per heavy atom. The van der Waals surface area contributed by atoms with E-state index < -0.39 is 5.97 Å². The van der Waals surface area contributed by atoms with E-state index in [0.717, 1.165) is 5.56 Å². The van der Waals surface area contributed by atoms with Gasteiger partial charge >= 0.3 is 11.7 Å². The molecular formula is C20H21N3O4. The van der Waals surface area contributed by atoms with Crippen LogP contribution in [0.15, 0.2) is 53.3 Å². The third kappa shape index (κ3) is 3.76. The number of imidazole rings is 1. The third-order valence-corrected chi connectivity index (χ3v) is 4.52. The van der Waals surface area contributed by atoms with Crippen molar-refractivity contribution in [3.05, 3.63) is 70.1 Å². The molecule has 2 aromatic carbocycles. The van der Waals surface area contributed by atoms with Crippen LogP contribution >= 0.6 is 0 Å². The fourth-order valence-corrected chi connectivity index (χ4v) is 2.98. The molecule has 1 amide bonds. The molecule has 0 fully saturated rings. The minimum atomic E-state index is -1.08. The molecule has 0 atom stereocenters. The number of benzene rings is 2. The molecule has 1 heterocycles. The summed E-state index contributed by atoms with van der Waals surface area (Å²) in [6.45, 7) is 0.304. The van der Waals surface area contributed by atoms with Gasteiger partial charge in [0.05, 0.1) is 16.6 Å². The quantitative estimate of drug-likeness (QED) is 0.720. The Balaban J connectivity index is 2.07. The maximum Gasteiger partial charge on any atom is 0.335 e. The van der Waals surface area contributed by atoms with Gasteiger partial charge in [0.15, 0.2) is 0 Å². The Morgan fingerprint density at radius 1 is 1.00 bits per heavy atom. The number of fused-ring (bicyclic) bond motifs is 1. The van der Waals surface area contributed by atoms with Gasteiger partial charge in [0.2, 0.25) is 5.91 Å². The molecule has 1 aromatic heterocycles. The van der Waals surface area contributed by atoms with Gasteiger partial charge in [0.25, 0.3) is 0 Å². The highest BCUT2D eigenvalue weighted by Crippen LogP contribution is 2.17. The molecule has 3 rings (SSSR count). The minimum Gasteiger partial charge on any atom is -0.478 e. The molecular weight excluding hydrogens is 346 g/mol. The van der Waals surface area contributed by atoms with Crippen LogP contribution in [0.25, 0.3) is 11.0 Å². The molecule has 0 saturated carbocycles. The summed E-state index contributed by atoms with van der Waals surface area (Å²) in [5.41, 5.74) is 1.92. The summed E-state index contributed by atoms with van der Waals surface area (Å²) >= 11 is 0. The highest BCUT2D eigenvalue weighted by molar-refractivity contribution is 5.93. The molecule has 7 nitrogen and oxygen atoms in total. The number of hydrogen-bond donors (Lipinski definition) is 1. The van der Waals surface area contributed by atoms with Crippen molar-refractivity contribution in [1.82, 2.24) is 14.0 Å². The van der Waals surface area contributed by atoms with Crippen LogP contribution in [0.1, 0.15) is 15.9 Å². The van der Waals surface area contributed by atoms with Crippen molar-refractivity contribution in [2.24, 2.45) is 0 Å². The van der Waals surface area contributed by atoms with E-state index in [2.05, 4.69) is 0 Å². The van der Waals surface area contributed by atoms with Crippen molar-refractivity contribution >= 4 is 22.9 Å². The van der Waals surface area contributed by atoms with Crippen molar-refractivity contribution in [2.45, 2.75) is 19.5 Å². The lowest BCUT2D eigenvalue weighted by atomic mass is 10.1. The normalized spacial score (nSPS) is 10.9. The molecule has 0 aliphatic rings. The molecule has 3 aromatic rings. The topological polar surface area (TPSA) is 84.5 Å². The first-order valence-electron chi connectivity index (χ1n) is 8.59. The number of carbonyl (C=O) groups excluding carboxylic acids is 1. The summed E-state index contributed by atoms with van der Waals surface area (Å²) < 4.78 is 2.94. The van der Waals surface area contributed by atoms with Crippen LogP contribution in [0.5, 0.6) is 0 Å². The Morgan fingerprint density at radius 3 is 2.33 bits per heavy atom. The van der Waals surface area contributed by atoms with Crippen molar-refractivity contribution in [3.63, 3.8) is 0 Å². The van der Waals surface area contributed by atoms with E-state index in [9.17, 15) is 19.5 Å². The molecule has 0 aliphatic carbocycles. The second-order valence-corrected chi connectivity index (χ2v) is 6.55. The second kappa shape index (κ2) is 7.49. The second-order valence-electron chi connectivity index (χ2n) is 6.55. The molecule has 1 N–H and O–H groups in total. The van der Waals surface area contributed by atoms with E-state index in [0.29, 0.717) is 24.0 Å². The molecule has 0 saturated heterocycles. The van der Waals surface area contributed by atoms with Crippen LogP contribution in [-0.2, 0) is 24.3 Å². The Kier molecular flexibility index (Phi) is 5.12. The molecule has 27 heavy (non-hydrogen) atoms. The van der Waals surface area contributed by atoms with Crippen molar-refractivity contribution < 1.29 is 14.7 Å². The number of amides is 1. The molecule has 0 spiro atoms. The van der Waals surface area contributed by atoms with Gasteiger partial charge in [-0.2, -0.15) is 0 Å². The van der Waals surface area contributed by atoms with Crippen LogP contribution in [0, 0.1) is 0 Å². The predicted octanol–water partition coefficient (Wildman–Crippen LogP) is 1.83. The number of hydrogen-bond acceptors (Lipinski definition) is 3. The molecule has 7 heteroatoms. The SMILES string of the molecule is CN(C)C(=O)Cn1c(=O)n(CCc2ccccc2)c2ccc(C(=O)O)cc21. The number of nitrogens with zero attached hydrogens (tertiary/aromatic N) is 3. The van der Waals surface area contributed by atoms with Gasteiger partial charge in [-0.05, 0) is 30.2 Å². The highest BCUT2D eigenvalue weighted by Gasteiger charge is 2.18. The van der Waals surface area contributed by atoms with Crippen LogP contribution in [0.4, 0.5) is 0 Å². The maximum absolute atomic E-state index is 13.0. The van der Waals surface area contributed by atoms with Crippen LogP contribution in [0.2, 0.25) is 0 Å². The molecule has 140 valence electrons. The van der Waals surface area contributed by atoms with Gasteiger partial charge in [0, 0.05) is 20.6 Å². The molecule has 0 bridgehead atoms. The van der Waals surface area contributed by atoms with E-state index in [4.69, 9.17) is 0 Å². The standard InChI is InChI=1S/C20H21N3O4/c1-21(2)18(24)13-23-17-12-15(19(25)26)8-9-16(17)22(20(23)27)11-10-14-6-4-3-5-7-14/h3-9,12H,10-11,13H2,1-2H3,(H,25,26). The van der Waals surface area contributed by atoms with Gasteiger partial charge in [0.1, 0.15) is 6.54 Å².